The average Bonchev–Trinajstić information content (AvgIpc) is 3.24. The number of benzene rings is 2. The summed E-state index contributed by atoms with van der Waals surface area (Å²) in [6, 6.07) is 11.9. The molecule has 2 amide bonds. The molecule has 0 bridgehead atoms. The summed E-state index contributed by atoms with van der Waals surface area (Å²) in [5.74, 6) is -2.99. The van der Waals surface area contributed by atoms with Crippen molar-refractivity contribution in [1.29, 1.82) is 0 Å². The SMILES string of the molecule is C[C@H]1CO[C@H]2Cn3cc(C(=O)NCc4ccc(F)cc4F)c(=O)c(OCc4ccccc4)c3C(=O)N21. The van der Waals surface area contributed by atoms with Gasteiger partial charge in [0.1, 0.15) is 23.8 Å². The van der Waals surface area contributed by atoms with E-state index in [1.165, 1.54) is 16.8 Å². The maximum Gasteiger partial charge on any atom is 0.276 e. The van der Waals surface area contributed by atoms with E-state index in [0.717, 1.165) is 11.6 Å². The number of nitrogens with one attached hydrogen (secondary N) is 1. The first-order chi connectivity index (χ1) is 17.3. The Hall–Kier alpha value is -4.05. The van der Waals surface area contributed by atoms with Crippen LogP contribution in [0.3, 0.4) is 0 Å². The van der Waals surface area contributed by atoms with Crippen molar-refractivity contribution < 1.29 is 27.8 Å². The van der Waals surface area contributed by atoms with Crippen LogP contribution in [-0.2, 0) is 24.4 Å². The summed E-state index contributed by atoms with van der Waals surface area (Å²) in [4.78, 5) is 41.4. The third kappa shape index (κ3) is 4.35. The molecule has 186 valence electrons. The molecule has 0 spiro atoms. The van der Waals surface area contributed by atoms with E-state index in [1.54, 1.807) is 4.90 Å². The lowest BCUT2D eigenvalue weighted by Crippen LogP contribution is -2.49. The summed E-state index contributed by atoms with van der Waals surface area (Å²) in [6.07, 6.45) is 0.763. The summed E-state index contributed by atoms with van der Waals surface area (Å²) in [5.41, 5.74) is -0.144. The van der Waals surface area contributed by atoms with Crippen molar-refractivity contribution in [1.82, 2.24) is 14.8 Å². The van der Waals surface area contributed by atoms with Crippen LogP contribution in [0.2, 0.25) is 0 Å². The predicted octanol–water partition coefficient (Wildman–Crippen LogP) is 2.84. The van der Waals surface area contributed by atoms with Crippen molar-refractivity contribution in [3.63, 3.8) is 0 Å². The van der Waals surface area contributed by atoms with Gasteiger partial charge in [0, 0.05) is 24.4 Å². The zero-order chi connectivity index (χ0) is 25.4. The molecule has 5 rings (SSSR count). The van der Waals surface area contributed by atoms with E-state index in [-0.39, 0.29) is 48.3 Å². The van der Waals surface area contributed by atoms with Gasteiger partial charge in [0.2, 0.25) is 5.43 Å². The van der Waals surface area contributed by atoms with Crippen LogP contribution >= 0.6 is 0 Å². The number of aromatic nitrogens is 1. The summed E-state index contributed by atoms with van der Waals surface area (Å²) in [7, 11) is 0. The number of carbonyl (C=O) groups is 2. The van der Waals surface area contributed by atoms with E-state index < -0.39 is 35.1 Å². The molecule has 1 aromatic heterocycles. The van der Waals surface area contributed by atoms with Crippen LogP contribution in [0.5, 0.6) is 5.75 Å². The molecular formula is C26H23F2N3O5. The Morgan fingerprint density at radius 3 is 2.69 bits per heavy atom. The zero-order valence-electron chi connectivity index (χ0n) is 19.4. The lowest BCUT2D eigenvalue weighted by Gasteiger charge is -2.34. The Labute approximate surface area is 205 Å². The summed E-state index contributed by atoms with van der Waals surface area (Å²) in [6.45, 7) is 2.17. The van der Waals surface area contributed by atoms with Crippen molar-refractivity contribution in [2.45, 2.75) is 38.9 Å². The van der Waals surface area contributed by atoms with Crippen LogP contribution in [0.4, 0.5) is 8.78 Å². The summed E-state index contributed by atoms with van der Waals surface area (Å²) >= 11 is 0. The van der Waals surface area contributed by atoms with Gasteiger partial charge in [0.05, 0.1) is 19.2 Å². The highest BCUT2D eigenvalue weighted by Crippen LogP contribution is 2.30. The van der Waals surface area contributed by atoms with Gasteiger partial charge in [-0.1, -0.05) is 36.4 Å². The van der Waals surface area contributed by atoms with Crippen LogP contribution < -0.4 is 15.5 Å². The van der Waals surface area contributed by atoms with Gasteiger partial charge in [-0.15, -0.1) is 0 Å². The van der Waals surface area contributed by atoms with E-state index in [2.05, 4.69) is 5.32 Å². The first-order valence-electron chi connectivity index (χ1n) is 11.4. The van der Waals surface area contributed by atoms with Gasteiger partial charge >= 0.3 is 0 Å². The molecule has 1 N–H and O–H groups in total. The van der Waals surface area contributed by atoms with Gasteiger partial charge in [-0.3, -0.25) is 14.4 Å². The largest absolute Gasteiger partial charge is 0.483 e. The molecular weight excluding hydrogens is 472 g/mol. The third-order valence-electron chi connectivity index (χ3n) is 6.27. The molecule has 36 heavy (non-hydrogen) atoms. The Morgan fingerprint density at radius 1 is 1.17 bits per heavy atom. The lowest BCUT2D eigenvalue weighted by molar-refractivity contribution is 0.00603. The Balaban J connectivity index is 1.50. The second kappa shape index (κ2) is 9.54. The number of hydrogen-bond donors (Lipinski definition) is 1. The number of fused-ring (bicyclic) bond motifs is 2. The highest BCUT2D eigenvalue weighted by molar-refractivity contribution is 5.99. The molecule has 10 heteroatoms. The molecule has 2 aliphatic rings. The molecule has 0 aliphatic carbocycles. The predicted molar refractivity (Wildman–Crippen MR) is 124 cm³/mol. The third-order valence-corrected chi connectivity index (χ3v) is 6.27. The number of pyridine rings is 1. The minimum Gasteiger partial charge on any atom is -0.483 e. The summed E-state index contributed by atoms with van der Waals surface area (Å²) < 4.78 is 40.3. The molecule has 2 aliphatic heterocycles. The van der Waals surface area contributed by atoms with Crippen LogP contribution in [-0.4, -0.2) is 40.2 Å². The minimum absolute atomic E-state index is 0.0116. The number of hydrogen-bond acceptors (Lipinski definition) is 5. The van der Waals surface area contributed by atoms with E-state index in [4.69, 9.17) is 9.47 Å². The van der Waals surface area contributed by atoms with Crippen LogP contribution in [0, 0.1) is 11.6 Å². The monoisotopic (exact) mass is 495 g/mol. The maximum absolute atomic E-state index is 14.0. The van der Waals surface area contributed by atoms with E-state index >= 15 is 0 Å². The van der Waals surface area contributed by atoms with Crippen LogP contribution in [0.25, 0.3) is 0 Å². The molecule has 8 nitrogen and oxygen atoms in total. The Bertz CT molecular complexity index is 1390. The van der Waals surface area contributed by atoms with Gasteiger partial charge in [-0.05, 0) is 18.6 Å². The van der Waals surface area contributed by atoms with Gasteiger partial charge in [-0.25, -0.2) is 8.78 Å². The van der Waals surface area contributed by atoms with Crippen LogP contribution in [0.15, 0.2) is 59.5 Å². The van der Waals surface area contributed by atoms with Crippen LogP contribution in [0.1, 0.15) is 38.9 Å². The average molecular weight is 495 g/mol. The quantitative estimate of drug-likeness (QED) is 0.568. The van der Waals surface area contributed by atoms with E-state index in [0.29, 0.717) is 12.7 Å². The standard InChI is InChI=1S/C26H23F2N3O5/c1-15-13-35-21-12-30-11-19(25(33)29-10-17-7-8-18(27)9-20(17)28)23(32)24(22(30)26(34)31(15)21)36-14-16-5-3-2-4-6-16/h2-9,11,15,21H,10,12-14H2,1H3,(H,29,33)/t15-,21-/m0/s1. The lowest BCUT2D eigenvalue weighted by atomic mass is 10.1. The number of carbonyl (C=O) groups excluding carboxylic acids is 2. The minimum atomic E-state index is -0.817. The molecule has 3 heterocycles. The highest BCUT2D eigenvalue weighted by atomic mass is 19.1. The first-order valence-corrected chi connectivity index (χ1v) is 11.4. The first kappa shape index (κ1) is 23.7. The second-order valence-corrected chi connectivity index (χ2v) is 8.74. The molecule has 0 unspecified atom stereocenters. The number of ether oxygens (including phenoxy) is 2. The second-order valence-electron chi connectivity index (χ2n) is 8.74. The van der Waals surface area contributed by atoms with Crippen molar-refractivity contribution >= 4 is 11.8 Å². The zero-order valence-corrected chi connectivity index (χ0v) is 19.4. The number of amides is 2. The Morgan fingerprint density at radius 2 is 1.94 bits per heavy atom. The fourth-order valence-corrected chi connectivity index (χ4v) is 4.42. The topological polar surface area (TPSA) is 89.9 Å². The van der Waals surface area contributed by atoms with E-state index in [1.807, 2.05) is 37.3 Å². The molecule has 0 saturated carbocycles. The van der Waals surface area contributed by atoms with Gasteiger partial charge in [-0.2, -0.15) is 0 Å². The number of nitrogens with zero attached hydrogens (tertiary/aromatic N) is 2. The normalized spacial score (nSPS) is 18.5. The fraction of sp³-hybridized carbons (Fsp3) is 0.269. The van der Waals surface area contributed by atoms with E-state index in [9.17, 15) is 23.2 Å². The number of halogens is 2. The van der Waals surface area contributed by atoms with Gasteiger partial charge in [0.15, 0.2) is 17.7 Å². The molecule has 2 aromatic carbocycles. The van der Waals surface area contributed by atoms with Gasteiger partial charge < -0.3 is 24.3 Å². The smallest absolute Gasteiger partial charge is 0.276 e. The summed E-state index contributed by atoms with van der Waals surface area (Å²) in [5, 5.41) is 2.49. The van der Waals surface area contributed by atoms with Crippen molar-refractivity contribution in [2.24, 2.45) is 0 Å². The molecule has 1 fully saturated rings. The van der Waals surface area contributed by atoms with Crippen molar-refractivity contribution in [3.8, 4) is 5.75 Å². The maximum atomic E-state index is 14.0. The molecule has 2 atom stereocenters. The Kier molecular flexibility index (Phi) is 6.27. The van der Waals surface area contributed by atoms with Crippen molar-refractivity contribution in [3.05, 3.63) is 99.0 Å². The molecule has 3 aromatic rings. The number of rotatable bonds is 6. The fourth-order valence-electron chi connectivity index (χ4n) is 4.42. The highest BCUT2D eigenvalue weighted by Gasteiger charge is 2.43. The molecule has 0 radical (unpaired) electrons. The molecule has 1 saturated heterocycles. The van der Waals surface area contributed by atoms with Gasteiger partial charge in [0.25, 0.3) is 11.8 Å². The van der Waals surface area contributed by atoms with Crippen molar-refractivity contribution in [2.75, 3.05) is 6.61 Å².